The highest BCUT2D eigenvalue weighted by molar-refractivity contribution is 5.74. The van der Waals surface area contributed by atoms with Crippen LogP contribution in [0.1, 0.15) is 12.6 Å². The first-order valence-electron chi connectivity index (χ1n) is 6.74. The molecular weight excluding hydrogens is 252 g/mol. The van der Waals surface area contributed by atoms with E-state index in [4.69, 9.17) is 14.1 Å². The molecule has 3 heterocycles. The van der Waals surface area contributed by atoms with Crippen LogP contribution in [0.15, 0.2) is 47.1 Å². The molecule has 3 aromatic rings. The van der Waals surface area contributed by atoms with E-state index in [2.05, 4.69) is 17.6 Å². The molecule has 0 N–H and O–H groups in total. The number of rotatable bonds is 2. The van der Waals surface area contributed by atoms with Crippen LogP contribution in [0.5, 0.6) is 5.75 Å². The van der Waals surface area contributed by atoms with E-state index < -0.39 is 0 Å². The molecule has 4 rings (SSSR count). The first-order valence-corrected chi connectivity index (χ1v) is 6.74. The molecule has 0 saturated carbocycles. The summed E-state index contributed by atoms with van der Waals surface area (Å²) < 4.78 is 13.5. The molecule has 20 heavy (non-hydrogen) atoms. The lowest BCUT2D eigenvalue weighted by molar-refractivity contribution is 0.297. The third-order valence-electron chi connectivity index (χ3n) is 3.60. The van der Waals surface area contributed by atoms with Crippen molar-refractivity contribution in [3.8, 4) is 28.6 Å². The fourth-order valence-corrected chi connectivity index (χ4v) is 2.74. The first kappa shape index (κ1) is 11.3. The Morgan fingerprint density at radius 1 is 1.20 bits per heavy atom. The minimum atomic E-state index is 0.507. The van der Waals surface area contributed by atoms with Gasteiger partial charge in [0.25, 0.3) is 0 Å². The molecule has 1 aliphatic rings. The summed E-state index contributed by atoms with van der Waals surface area (Å²) in [6.45, 7) is 3.46. The van der Waals surface area contributed by atoms with Gasteiger partial charge in [-0.3, -0.25) is 0 Å². The van der Waals surface area contributed by atoms with Gasteiger partial charge in [0.2, 0.25) is 0 Å². The van der Waals surface area contributed by atoms with Crippen molar-refractivity contribution in [2.75, 3.05) is 0 Å². The molecule has 1 aliphatic heterocycles. The molecule has 2 aromatic heterocycles. The molecule has 100 valence electrons. The lowest BCUT2D eigenvalue weighted by atomic mass is 10.1. The Morgan fingerprint density at radius 3 is 2.90 bits per heavy atom. The number of hydrogen-bond donors (Lipinski definition) is 0. The Bertz CT molecular complexity index is 757. The molecule has 0 fully saturated rings. The van der Waals surface area contributed by atoms with Gasteiger partial charge >= 0.3 is 0 Å². The Hall–Kier alpha value is -2.49. The Labute approximate surface area is 116 Å². The van der Waals surface area contributed by atoms with E-state index in [0.717, 1.165) is 40.8 Å². The van der Waals surface area contributed by atoms with Gasteiger partial charge in [-0.05, 0) is 31.2 Å². The van der Waals surface area contributed by atoms with Crippen LogP contribution in [-0.4, -0.2) is 9.55 Å². The Balaban J connectivity index is 1.99. The first-order chi connectivity index (χ1) is 9.88. The number of benzene rings is 1. The molecule has 0 aliphatic carbocycles. The maximum absolute atomic E-state index is 5.77. The molecule has 4 nitrogen and oxygen atoms in total. The van der Waals surface area contributed by atoms with Crippen molar-refractivity contribution in [1.29, 1.82) is 0 Å². The average Bonchev–Trinajstić information content (AvgIpc) is 3.13. The van der Waals surface area contributed by atoms with Gasteiger partial charge in [0.15, 0.2) is 11.6 Å². The standard InChI is InChI=1S/C16H14N2O2/c1-2-18-15-11-6-3-4-7-13(11)20-10-12(15)17-16(18)14-8-5-9-19-14/h3-9H,2,10H2,1H3. The van der Waals surface area contributed by atoms with Crippen LogP contribution in [0.25, 0.3) is 22.8 Å². The number of ether oxygens (including phenoxy) is 1. The van der Waals surface area contributed by atoms with Crippen molar-refractivity contribution in [2.45, 2.75) is 20.1 Å². The topological polar surface area (TPSA) is 40.2 Å². The van der Waals surface area contributed by atoms with E-state index in [1.165, 1.54) is 0 Å². The summed E-state index contributed by atoms with van der Waals surface area (Å²) in [7, 11) is 0. The minimum Gasteiger partial charge on any atom is -0.487 e. The summed E-state index contributed by atoms with van der Waals surface area (Å²) in [5, 5.41) is 0. The van der Waals surface area contributed by atoms with E-state index in [0.29, 0.717) is 6.61 Å². The van der Waals surface area contributed by atoms with Gasteiger partial charge in [0.1, 0.15) is 18.1 Å². The zero-order valence-corrected chi connectivity index (χ0v) is 11.2. The third kappa shape index (κ3) is 1.51. The van der Waals surface area contributed by atoms with E-state index in [-0.39, 0.29) is 0 Å². The summed E-state index contributed by atoms with van der Waals surface area (Å²) in [6, 6.07) is 11.9. The van der Waals surface area contributed by atoms with E-state index >= 15 is 0 Å². The molecule has 4 heteroatoms. The Morgan fingerprint density at radius 2 is 2.10 bits per heavy atom. The monoisotopic (exact) mass is 266 g/mol. The summed E-state index contributed by atoms with van der Waals surface area (Å²) in [4.78, 5) is 4.71. The van der Waals surface area contributed by atoms with Gasteiger partial charge in [0.05, 0.1) is 12.0 Å². The van der Waals surface area contributed by atoms with Crippen molar-refractivity contribution in [1.82, 2.24) is 9.55 Å². The van der Waals surface area contributed by atoms with Gasteiger partial charge in [-0.25, -0.2) is 4.98 Å². The maximum atomic E-state index is 5.77. The smallest absolute Gasteiger partial charge is 0.177 e. The predicted octanol–water partition coefficient (Wildman–Crippen LogP) is 3.72. The van der Waals surface area contributed by atoms with E-state index in [9.17, 15) is 0 Å². The molecular formula is C16H14N2O2. The lowest BCUT2D eigenvalue weighted by Crippen LogP contribution is -2.08. The SMILES string of the molecule is CCn1c(-c2ccco2)nc2c1-c1ccccc1OC2. The van der Waals surface area contributed by atoms with E-state index in [1.807, 2.05) is 30.3 Å². The summed E-state index contributed by atoms with van der Waals surface area (Å²) in [5.74, 6) is 2.57. The molecule has 0 amide bonds. The summed E-state index contributed by atoms with van der Waals surface area (Å²) in [6.07, 6.45) is 1.67. The van der Waals surface area contributed by atoms with Crippen LogP contribution in [-0.2, 0) is 13.2 Å². The number of fused-ring (bicyclic) bond motifs is 3. The normalized spacial score (nSPS) is 12.7. The quantitative estimate of drug-likeness (QED) is 0.709. The number of nitrogens with zero attached hydrogens (tertiary/aromatic N) is 2. The lowest BCUT2D eigenvalue weighted by Gasteiger charge is -2.18. The molecule has 0 saturated heterocycles. The van der Waals surface area contributed by atoms with Gasteiger partial charge < -0.3 is 13.7 Å². The van der Waals surface area contributed by atoms with Crippen LogP contribution < -0.4 is 4.74 Å². The van der Waals surface area contributed by atoms with Crippen molar-refractivity contribution >= 4 is 0 Å². The second-order valence-corrected chi connectivity index (χ2v) is 4.74. The largest absolute Gasteiger partial charge is 0.487 e. The van der Waals surface area contributed by atoms with Crippen LogP contribution in [0.4, 0.5) is 0 Å². The van der Waals surface area contributed by atoms with Gasteiger partial charge in [0, 0.05) is 12.1 Å². The van der Waals surface area contributed by atoms with Crippen molar-refractivity contribution < 1.29 is 9.15 Å². The zero-order valence-electron chi connectivity index (χ0n) is 11.2. The van der Waals surface area contributed by atoms with Crippen molar-refractivity contribution in [2.24, 2.45) is 0 Å². The van der Waals surface area contributed by atoms with Gasteiger partial charge in [-0.1, -0.05) is 12.1 Å². The van der Waals surface area contributed by atoms with Crippen LogP contribution in [0.2, 0.25) is 0 Å². The number of imidazole rings is 1. The predicted molar refractivity (Wildman–Crippen MR) is 75.4 cm³/mol. The average molecular weight is 266 g/mol. The van der Waals surface area contributed by atoms with Crippen molar-refractivity contribution in [3.63, 3.8) is 0 Å². The fourth-order valence-electron chi connectivity index (χ4n) is 2.74. The van der Waals surface area contributed by atoms with Crippen LogP contribution in [0, 0.1) is 0 Å². The van der Waals surface area contributed by atoms with Crippen LogP contribution >= 0.6 is 0 Å². The van der Waals surface area contributed by atoms with Crippen molar-refractivity contribution in [3.05, 3.63) is 48.4 Å². The fraction of sp³-hybridized carbons (Fsp3) is 0.188. The second kappa shape index (κ2) is 4.27. The molecule has 0 spiro atoms. The number of para-hydroxylation sites is 1. The van der Waals surface area contributed by atoms with E-state index in [1.54, 1.807) is 6.26 Å². The molecule has 0 atom stereocenters. The van der Waals surface area contributed by atoms with Gasteiger partial charge in [-0.2, -0.15) is 0 Å². The zero-order chi connectivity index (χ0) is 13.5. The highest BCUT2D eigenvalue weighted by Gasteiger charge is 2.25. The summed E-state index contributed by atoms with van der Waals surface area (Å²) in [5.41, 5.74) is 3.21. The summed E-state index contributed by atoms with van der Waals surface area (Å²) >= 11 is 0. The molecule has 0 bridgehead atoms. The molecule has 0 radical (unpaired) electrons. The molecule has 1 aromatic carbocycles. The van der Waals surface area contributed by atoms with Gasteiger partial charge in [-0.15, -0.1) is 0 Å². The number of furan rings is 1. The van der Waals surface area contributed by atoms with Crippen LogP contribution in [0.3, 0.4) is 0 Å². The number of hydrogen-bond acceptors (Lipinski definition) is 3. The minimum absolute atomic E-state index is 0.507. The second-order valence-electron chi connectivity index (χ2n) is 4.74. The highest BCUT2D eigenvalue weighted by atomic mass is 16.5. The Kier molecular flexibility index (Phi) is 2.42. The maximum Gasteiger partial charge on any atom is 0.177 e. The highest BCUT2D eigenvalue weighted by Crippen LogP contribution is 2.39. The number of aromatic nitrogens is 2. The third-order valence-corrected chi connectivity index (χ3v) is 3.60. The molecule has 0 unspecified atom stereocenters.